The maximum absolute atomic E-state index is 11.9. The first kappa shape index (κ1) is 13.4. The number of carbonyl (C=O) groups excluding carboxylic acids is 1. The average Bonchev–Trinajstić information content (AvgIpc) is 2.85. The molecule has 0 radical (unpaired) electrons. The average molecular weight is 312 g/mol. The van der Waals surface area contributed by atoms with Crippen molar-refractivity contribution in [1.82, 2.24) is 5.32 Å². The van der Waals surface area contributed by atoms with Gasteiger partial charge in [-0.15, -0.1) is 0 Å². The Bertz CT molecular complexity index is 399. The Morgan fingerprint density at radius 1 is 1.33 bits per heavy atom. The lowest BCUT2D eigenvalue weighted by atomic mass is 10.2. The lowest BCUT2D eigenvalue weighted by Crippen LogP contribution is -2.41. The number of hydrogen-bond donors (Lipinski definition) is 1. The van der Waals surface area contributed by atoms with Crippen molar-refractivity contribution >= 4 is 21.8 Å². The van der Waals surface area contributed by atoms with Crippen LogP contribution in [-0.4, -0.2) is 18.1 Å². The third kappa shape index (κ3) is 3.73. The Morgan fingerprint density at radius 3 is 2.56 bits per heavy atom. The van der Waals surface area contributed by atoms with Crippen LogP contribution in [0, 0.1) is 0 Å². The van der Waals surface area contributed by atoms with Gasteiger partial charge in [-0.25, -0.2) is 0 Å². The molecule has 1 N–H and O–H groups in total. The number of rotatable bonds is 4. The molecule has 3 nitrogen and oxygen atoms in total. The van der Waals surface area contributed by atoms with Gasteiger partial charge < -0.3 is 10.1 Å². The van der Waals surface area contributed by atoms with Crippen molar-refractivity contribution in [2.24, 2.45) is 0 Å². The molecular formula is C14H18BrNO2. The predicted octanol–water partition coefficient (Wildman–Crippen LogP) is 3.28. The van der Waals surface area contributed by atoms with E-state index in [9.17, 15) is 4.79 Å². The quantitative estimate of drug-likeness (QED) is 0.926. The second-order valence-corrected chi connectivity index (χ2v) is 5.62. The third-order valence-corrected chi connectivity index (χ3v) is 3.73. The summed E-state index contributed by atoms with van der Waals surface area (Å²) in [4.78, 5) is 11.9. The van der Waals surface area contributed by atoms with Gasteiger partial charge in [-0.05, 0) is 44.0 Å². The molecule has 0 spiro atoms. The van der Waals surface area contributed by atoms with Crippen molar-refractivity contribution in [2.45, 2.75) is 44.8 Å². The molecule has 1 aromatic carbocycles. The van der Waals surface area contributed by atoms with Gasteiger partial charge in [-0.1, -0.05) is 28.8 Å². The number of nitrogens with one attached hydrogen (secondary N) is 1. The summed E-state index contributed by atoms with van der Waals surface area (Å²) >= 11 is 3.36. The molecule has 1 saturated carbocycles. The maximum atomic E-state index is 11.9. The highest BCUT2D eigenvalue weighted by Gasteiger charge is 2.21. The van der Waals surface area contributed by atoms with Crippen LogP contribution in [0.1, 0.15) is 32.6 Å². The Morgan fingerprint density at radius 2 is 1.94 bits per heavy atom. The molecule has 1 aromatic rings. The van der Waals surface area contributed by atoms with Crippen molar-refractivity contribution < 1.29 is 9.53 Å². The molecule has 1 aliphatic carbocycles. The molecule has 1 fully saturated rings. The zero-order chi connectivity index (χ0) is 13.0. The molecule has 1 amide bonds. The lowest BCUT2D eigenvalue weighted by Gasteiger charge is -2.18. The van der Waals surface area contributed by atoms with Crippen LogP contribution in [-0.2, 0) is 4.79 Å². The van der Waals surface area contributed by atoms with Gasteiger partial charge in [0.2, 0.25) is 0 Å². The van der Waals surface area contributed by atoms with Crippen molar-refractivity contribution in [2.75, 3.05) is 0 Å². The van der Waals surface area contributed by atoms with Crippen LogP contribution < -0.4 is 10.1 Å². The van der Waals surface area contributed by atoms with E-state index in [2.05, 4.69) is 21.2 Å². The van der Waals surface area contributed by atoms with E-state index in [4.69, 9.17) is 4.74 Å². The zero-order valence-electron chi connectivity index (χ0n) is 10.5. The molecule has 18 heavy (non-hydrogen) atoms. The number of benzene rings is 1. The van der Waals surface area contributed by atoms with Crippen LogP contribution in [0.15, 0.2) is 28.7 Å². The molecule has 2 rings (SSSR count). The number of carbonyl (C=O) groups is 1. The van der Waals surface area contributed by atoms with Crippen LogP contribution in [0.2, 0.25) is 0 Å². The molecule has 0 aromatic heterocycles. The normalized spacial score (nSPS) is 17.4. The Labute approximate surface area is 116 Å². The van der Waals surface area contributed by atoms with Gasteiger partial charge in [0.05, 0.1) is 0 Å². The summed E-state index contributed by atoms with van der Waals surface area (Å²) in [6.45, 7) is 1.78. The summed E-state index contributed by atoms with van der Waals surface area (Å²) in [5.41, 5.74) is 0. The Hall–Kier alpha value is -1.03. The fourth-order valence-electron chi connectivity index (χ4n) is 2.16. The van der Waals surface area contributed by atoms with Gasteiger partial charge in [-0.2, -0.15) is 0 Å². The second kappa shape index (κ2) is 6.23. The molecule has 1 atom stereocenters. The molecule has 0 heterocycles. The van der Waals surface area contributed by atoms with Crippen LogP contribution in [0.4, 0.5) is 0 Å². The first-order valence-corrected chi connectivity index (χ1v) is 7.17. The van der Waals surface area contributed by atoms with Gasteiger partial charge >= 0.3 is 0 Å². The first-order valence-electron chi connectivity index (χ1n) is 6.38. The van der Waals surface area contributed by atoms with Crippen molar-refractivity contribution in [3.63, 3.8) is 0 Å². The molecular weight excluding hydrogens is 294 g/mol. The van der Waals surface area contributed by atoms with E-state index in [0.717, 1.165) is 17.3 Å². The lowest BCUT2D eigenvalue weighted by molar-refractivity contribution is -0.127. The number of ether oxygens (including phenoxy) is 1. The van der Waals surface area contributed by atoms with Gasteiger partial charge in [0.1, 0.15) is 5.75 Å². The Kier molecular flexibility index (Phi) is 4.64. The first-order chi connectivity index (χ1) is 8.65. The molecule has 0 bridgehead atoms. The summed E-state index contributed by atoms with van der Waals surface area (Å²) in [6, 6.07) is 7.84. The number of amides is 1. The summed E-state index contributed by atoms with van der Waals surface area (Å²) < 4.78 is 6.61. The van der Waals surface area contributed by atoms with Crippen molar-refractivity contribution in [3.05, 3.63) is 28.7 Å². The van der Waals surface area contributed by atoms with Gasteiger partial charge in [0.25, 0.3) is 5.91 Å². The van der Waals surface area contributed by atoms with E-state index in [1.165, 1.54) is 12.8 Å². The monoisotopic (exact) mass is 311 g/mol. The van der Waals surface area contributed by atoms with Crippen molar-refractivity contribution in [1.29, 1.82) is 0 Å². The summed E-state index contributed by atoms with van der Waals surface area (Å²) in [5, 5.41) is 3.04. The van der Waals surface area contributed by atoms with E-state index >= 15 is 0 Å². The van der Waals surface area contributed by atoms with Crippen LogP contribution >= 0.6 is 15.9 Å². The highest BCUT2D eigenvalue weighted by atomic mass is 79.9. The summed E-state index contributed by atoms with van der Waals surface area (Å²) in [7, 11) is 0. The molecule has 1 aliphatic rings. The largest absolute Gasteiger partial charge is 0.481 e. The minimum Gasteiger partial charge on any atom is -0.481 e. The standard InChI is InChI=1S/C14H18BrNO2/c1-10(14(17)16-12-4-2-3-5-12)18-13-8-6-11(15)7-9-13/h6-10,12H,2-5H2,1H3,(H,16,17). The predicted molar refractivity (Wildman–Crippen MR) is 74.6 cm³/mol. The third-order valence-electron chi connectivity index (χ3n) is 3.20. The molecule has 98 valence electrons. The summed E-state index contributed by atoms with van der Waals surface area (Å²) in [5.74, 6) is 0.692. The van der Waals surface area contributed by atoms with E-state index < -0.39 is 6.10 Å². The topological polar surface area (TPSA) is 38.3 Å². The fraction of sp³-hybridized carbons (Fsp3) is 0.500. The van der Waals surface area contributed by atoms with Gasteiger partial charge in [0, 0.05) is 10.5 Å². The SMILES string of the molecule is CC(Oc1ccc(Br)cc1)C(=O)NC1CCCC1. The highest BCUT2D eigenvalue weighted by molar-refractivity contribution is 9.10. The van der Waals surface area contributed by atoms with Crippen LogP contribution in [0.5, 0.6) is 5.75 Å². The minimum absolute atomic E-state index is 0.0233. The van der Waals surface area contributed by atoms with Gasteiger partial charge in [-0.3, -0.25) is 4.79 Å². The molecule has 0 saturated heterocycles. The Balaban J connectivity index is 1.84. The smallest absolute Gasteiger partial charge is 0.260 e. The summed E-state index contributed by atoms with van der Waals surface area (Å²) in [6.07, 6.45) is 4.17. The molecule has 1 unspecified atom stereocenters. The van der Waals surface area contributed by atoms with Gasteiger partial charge in [0.15, 0.2) is 6.10 Å². The highest BCUT2D eigenvalue weighted by Crippen LogP contribution is 2.19. The number of hydrogen-bond acceptors (Lipinski definition) is 2. The second-order valence-electron chi connectivity index (χ2n) is 4.70. The molecule has 4 heteroatoms. The van der Waals surface area contributed by atoms with E-state index in [0.29, 0.717) is 11.8 Å². The molecule has 0 aliphatic heterocycles. The van der Waals surface area contributed by atoms with Crippen LogP contribution in [0.3, 0.4) is 0 Å². The number of halogens is 1. The maximum Gasteiger partial charge on any atom is 0.260 e. The van der Waals surface area contributed by atoms with E-state index in [1.807, 2.05) is 24.3 Å². The van der Waals surface area contributed by atoms with Crippen molar-refractivity contribution in [3.8, 4) is 5.75 Å². The van der Waals surface area contributed by atoms with E-state index in [-0.39, 0.29) is 5.91 Å². The zero-order valence-corrected chi connectivity index (χ0v) is 12.1. The van der Waals surface area contributed by atoms with E-state index in [1.54, 1.807) is 6.92 Å². The minimum atomic E-state index is -0.452. The van der Waals surface area contributed by atoms with Crippen LogP contribution in [0.25, 0.3) is 0 Å². The fourth-order valence-corrected chi connectivity index (χ4v) is 2.42.